The molecule has 1 rings (SSSR count). The van der Waals surface area contributed by atoms with Crippen molar-refractivity contribution >= 4 is 17.5 Å². The van der Waals surface area contributed by atoms with E-state index >= 15 is 0 Å². The van der Waals surface area contributed by atoms with Gasteiger partial charge < -0.3 is 10.1 Å². The summed E-state index contributed by atoms with van der Waals surface area (Å²) in [6.07, 6.45) is 2.51. The zero-order valence-electron chi connectivity index (χ0n) is 10.3. The fraction of sp³-hybridized carbons (Fsp3) is 0.462. The average molecular weight is 256 g/mol. The van der Waals surface area contributed by atoms with Crippen LogP contribution in [0, 0.1) is 0 Å². The molecule has 0 saturated carbocycles. The van der Waals surface area contributed by atoms with Gasteiger partial charge in [-0.05, 0) is 24.6 Å². The van der Waals surface area contributed by atoms with E-state index < -0.39 is 0 Å². The van der Waals surface area contributed by atoms with Crippen LogP contribution >= 0.6 is 11.6 Å². The number of carbonyl (C=O) groups is 1. The second kappa shape index (κ2) is 7.17. The van der Waals surface area contributed by atoms with Gasteiger partial charge in [-0.2, -0.15) is 0 Å². The van der Waals surface area contributed by atoms with Crippen LogP contribution in [0.15, 0.2) is 18.2 Å². The van der Waals surface area contributed by atoms with Gasteiger partial charge in [-0.25, -0.2) is 0 Å². The van der Waals surface area contributed by atoms with E-state index in [1.165, 1.54) is 0 Å². The number of methoxy groups -OCH3 is 1. The first-order valence-corrected chi connectivity index (χ1v) is 6.14. The van der Waals surface area contributed by atoms with Crippen LogP contribution in [0.3, 0.4) is 0 Å². The van der Waals surface area contributed by atoms with E-state index in [1.807, 2.05) is 0 Å². The number of rotatable bonds is 6. The molecule has 0 aliphatic rings. The molecule has 0 unspecified atom stereocenters. The summed E-state index contributed by atoms with van der Waals surface area (Å²) in [4.78, 5) is 11.5. The summed E-state index contributed by atoms with van der Waals surface area (Å²) in [5.74, 6) is 0.805. The maximum absolute atomic E-state index is 11.5. The smallest absolute Gasteiger partial charge is 0.220 e. The van der Waals surface area contributed by atoms with Crippen molar-refractivity contribution in [2.45, 2.75) is 32.7 Å². The molecule has 3 nitrogen and oxygen atoms in total. The van der Waals surface area contributed by atoms with E-state index in [9.17, 15) is 4.79 Å². The summed E-state index contributed by atoms with van der Waals surface area (Å²) in [5, 5.41) is 3.50. The Morgan fingerprint density at radius 2 is 2.24 bits per heavy atom. The first-order valence-electron chi connectivity index (χ1n) is 5.76. The van der Waals surface area contributed by atoms with Crippen molar-refractivity contribution in [3.8, 4) is 5.75 Å². The zero-order chi connectivity index (χ0) is 12.7. The van der Waals surface area contributed by atoms with E-state index in [0.29, 0.717) is 18.0 Å². The third kappa shape index (κ3) is 4.65. The molecule has 0 atom stereocenters. The average Bonchev–Trinajstić information content (AvgIpc) is 2.34. The molecular weight excluding hydrogens is 238 g/mol. The number of carbonyl (C=O) groups excluding carboxylic acids is 1. The fourth-order valence-electron chi connectivity index (χ4n) is 1.50. The molecule has 1 aromatic carbocycles. The van der Waals surface area contributed by atoms with Crippen LogP contribution in [-0.4, -0.2) is 13.0 Å². The first kappa shape index (κ1) is 13.8. The van der Waals surface area contributed by atoms with Gasteiger partial charge in [0.25, 0.3) is 0 Å². The summed E-state index contributed by atoms with van der Waals surface area (Å²) in [7, 11) is 1.60. The molecular formula is C13H18ClNO2. The number of ether oxygens (including phenoxy) is 1. The number of unbranched alkanes of at least 4 members (excludes halogenated alkanes) is 1. The Bertz CT molecular complexity index is 380. The molecule has 0 spiro atoms. The minimum Gasteiger partial charge on any atom is -0.496 e. The minimum absolute atomic E-state index is 0.0638. The van der Waals surface area contributed by atoms with Gasteiger partial charge in [0.15, 0.2) is 0 Å². The van der Waals surface area contributed by atoms with Gasteiger partial charge in [0, 0.05) is 23.6 Å². The normalized spacial score (nSPS) is 10.1. The Morgan fingerprint density at radius 1 is 1.47 bits per heavy atom. The summed E-state index contributed by atoms with van der Waals surface area (Å²) >= 11 is 5.90. The second-order valence-corrected chi connectivity index (χ2v) is 4.27. The molecule has 0 bridgehead atoms. The number of amides is 1. The van der Waals surface area contributed by atoms with E-state index in [4.69, 9.17) is 16.3 Å². The molecule has 17 heavy (non-hydrogen) atoms. The Hall–Kier alpha value is -1.22. The predicted molar refractivity (Wildman–Crippen MR) is 69.4 cm³/mol. The maximum atomic E-state index is 11.5. The molecule has 0 aromatic heterocycles. The number of hydrogen-bond acceptors (Lipinski definition) is 2. The largest absolute Gasteiger partial charge is 0.496 e. The SMILES string of the molecule is CCCCC(=O)NCc1cc(Cl)ccc1OC. The Balaban J connectivity index is 2.56. The van der Waals surface area contributed by atoms with Crippen molar-refractivity contribution in [3.63, 3.8) is 0 Å². The molecule has 1 aromatic rings. The third-order valence-corrected chi connectivity index (χ3v) is 2.71. The summed E-state index contributed by atoms with van der Waals surface area (Å²) < 4.78 is 5.20. The van der Waals surface area contributed by atoms with Gasteiger partial charge in [0.2, 0.25) is 5.91 Å². The number of halogens is 1. The molecule has 94 valence electrons. The van der Waals surface area contributed by atoms with Crippen molar-refractivity contribution in [1.82, 2.24) is 5.32 Å². The fourth-order valence-corrected chi connectivity index (χ4v) is 1.70. The van der Waals surface area contributed by atoms with Crippen LogP contribution in [-0.2, 0) is 11.3 Å². The van der Waals surface area contributed by atoms with Crippen LogP contribution < -0.4 is 10.1 Å². The highest BCUT2D eigenvalue weighted by Gasteiger charge is 2.06. The quantitative estimate of drug-likeness (QED) is 0.848. The van der Waals surface area contributed by atoms with Gasteiger partial charge in [-0.15, -0.1) is 0 Å². The topological polar surface area (TPSA) is 38.3 Å². The van der Waals surface area contributed by atoms with Crippen LogP contribution in [0.5, 0.6) is 5.75 Å². The summed E-state index contributed by atoms with van der Waals surface area (Å²) in [6, 6.07) is 5.37. The van der Waals surface area contributed by atoms with Gasteiger partial charge >= 0.3 is 0 Å². The van der Waals surface area contributed by atoms with E-state index in [1.54, 1.807) is 25.3 Å². The molecule has 0 saturated heterocycles. The number of hydrogen-bond donors (Lipinski definition) is 1. The molecule has 0 heterocycles. The Morgan fingerprint density at radius 3 is 2.88 bits per heavy atom. The lowest BCUT2D eigenvalue weighted by atomic mass is 10.2. The summed E-state index contributed by atoms with van der Waals surface area (Å²) in [6.45, 7) is 2.51. The van der Waals surface area contributed by atoms with Gasteiger partial charge in [0.1, 0.15) is 5.75 Å². The molecule has 1 N–H and O–H groups in total. The van der Waals surface area contributed by atoms with Gasteiger partial charge in [-0.1, -0.05) is 24.9 Å². The van der Waals surface area contributed by atoms with Gasteiger partial charge in [-0.3, -0.25) is 4.79 Å². The molecule has 0 aliphatic carbocycles. The van der Waals surface area contributed by atoms with Crippen molar-refractivity contribution in [3.05, 3.63) is 28.8 Å². The lowest BCUT2D eigenvalue weighted by Crippen LogP contribution is -2.22. The van der Waals surface area contributed by atoms with E-state index in [2.05, 4.69) is 12.2 Å². The Labute approximate surface area is 107 Å². The molecule has 1 amide bonds. The second-order valence-electron chi connectivity index (χ2n) is 3.84. The highest BCUT2D eigenvalue weighted by atomic mass is 35.5. The zero-order valence-corrected chi connectivity index (χ0v) is 11.0. The minimum atomic E-state index is 0.0638. The van der Waals surface area contributed by atoms with E-state index in [0.717, 1.165) is 24.2 Å². The standard InChI is InChI=1S/C13H18ClNO2/c1-3-4-5-13(16)15-9-10-8-11(14)6-7-12(10)17-2/h6-8H,3-5,9H2,1-2H3,(H,15,16). The molecule has 0 fully saturated rings. The third-order valence-electron chi connectivity index (χ3n) is 2.48. The van der Waals surface area contributed by atoms with Crippen molar-refractivity contribution in [2.75, 3.05) is 7.11 Å². The Kier molecular flexibility index (Phi) is 5.84. The lowest BCUT2D eigenvalue weighted by Gasteiger charge is -2.10. The first-order chi connectivity index (χ1) is 8.17. The van der Waals surface area contributed by atoms with Crippen LogP contribution in [0.4, 0.5) is 0 Å². The van der Waals surface area contributed by atoms with Crippen LogP contribution in [0.1, 0.15) is 31.7 Å². The van der Waals surface area contributed by atoms with Crippen molar-refractivity contribution < 1.29 is 9.53 Å². The van der Waals surface area contributed by atoms with Crippen molar-refractivity contribution in [1.29, 1.82) is 0 Å². The molecule has 4 heteroatoms. The lowest BCUT2D eigenvalue weighted by molar-refractivity contribution is -0.121. The summed E-state index contributed by atoms with van der Waals surface area (Å²) in [5.41, 5.74) is 0.893. The predicted octanol–water partition coefficient (Wildman–Crippen LogP) is 3.16. The van der Waals surface area contributed by atoms with Crippen molar-refractivity contribution in [2.24, 2.45) is 0 Å². The monoisotopic (exact) mass is 255 g/mol. The molecule has 0 radical (unpaired) electrons. The highest BCUT2D eigenvalue weighted by Crippen LogP contribution is 2.22. The maximum Gasteiger partial charge on any atom is 0.220 e. The van der Waals surface area contributed by atoms with E-state index in [-0.39, 0.29) is 5.91 Å². The number of benzene rings is 1. The van der Waals surface area contributed by atoms with Crippen LogP contribution in [0.2, 0.25) is 5.02 Å². The number of nitrogens with one attached hydrogen (secondary N) is 1. The highest BCUT2D eigenvalue weighted by molar-refractivity contribution is 6.30. The van der Waals surface area contributed by atoms with Gasteiger partial charge in [0.05, 0.1) is 7.11 Å². The molecule has 0 aliphatic heterocycles. The van der Waals surface area contributed by atoms with Crippen LogP contribution in [0.25, 0.3) is 0 Å².